The van der Waals surface area contributed by atoms with Gasteiger partial charge in [-0.3, -0.25) is 9.98 Å². The van der Waals surface area contributed by atoms with Crippen molar-refractivity contribution in [2.24, 2.45) is 10.4 Å². The van der Waals surface area contributed by atoms with Gasteiger partial charge in [0, 0.05) is 19.8 Å². The first-order valence-electron chi connectivity index (χ1n) is 7.73. The molecule has 0 atom stereocenters. The Morgan fingerprint density at radius 3 is 2.68 bits per heavy atom. The zero-order valence-electron chi connectivity index (χ0n) is 13.4. The molecule has 0 bridgehead atoms. The predicted octanol–water partition coefficient (Wildman–Crippen LogP) is 3.47. The average molecular weight is 420 g/mol. The first-order chi connectivity index (χ1) is 10.2. The fourth-order valence-electron chi connectivity index (χ4n) is 2.99. The highest BCUT2D eigenvalue weighted by molar-refractivity contribution is 14.0. The SMILES string of the molecule is CCC1(CNC(=NC)NCc2ncccc2F)CCCC1.I. The molecule has 22 heavy (non-hydrogen) atoms. The molecule has 1 aromatic rings. The number of nitrogens with zero attached hydrogens (tertiary/aromatic N) is 2. The van der Waals surface area contributed by atoms with Crippen molar-refractivity contribution in [3.8, 4) is 0 Å². The monoisotopic (exact) mass is 420 g/mol. The highest BCUT2D eigenvalue weighted by atomic mass is 127. The molecule has 1 aromatic heterocycles. The van der Waals surface area contributed by atoms with Crippen LogP contribution in [-0.4, -0.2) is 24.5 Å². The summed E-state index contributed by atoms with van der Waals surface area (Å²) < 4.78 is 13.5. The molecule has 0 unspecified atom stereocenters. The van der Waals surface area contributed by atoms with Crippen LogP contribution in [0.5, 0.6) is 0 Å². The normalized spacial score (nSPS) is 17.0. The van der Waals surface area contributed by atoms with Crippen molar-refractivity contribution in [3.05, 3.63) is 29.8 Å². The smallest absolute Gasteiger partial charge is 0.191 e. The largest absolute Gasteiger partial charge is 0.356 e. The van der Waals surface area contributed by atoms with Crippen LogP contribution in [0.2, 0.25) is 0 Å². The molecular formula is C16H26FIN4. The quantitative estimate of drug-likeness (QED) is 0.436. The number of aromatic nitrogens is 1. The van der Waals surface area contributed by atoms with Crippen molar-refractivity contribution < 1.29 is 4.39 Å². The molecule has 6 heteroatoms. The van der Waals surface area contributed by atoms with Crippen molar-refractivity contribution in [2.45, 2.75) is 45.6 Å². The third-order valence-corrected chi connectivity index (χ3v) is 4.53. The summed E-state index contributed by atoms with van der Waals surface area (Å²) in [6.07, 6.45) is 7.98. The summed E-state index contributed by atoms with van der Waals surface area (Å²) in [6.45, 7) is 3.52. The van der Waals surface area contributed by atoms with Crippen LogP contribution < -0.4 is 10.6 Å². The maximum Gasteiger partial charge on any atom is 0.191 e. The van der Waals surface area contributed by atoms with Crippen LogP contribution in [0.4, 0.5) is 4.39 Å². The maximum absolute atomic E-state index is 13.5. The maximum atomic E-state index is 13.5. The Morgan fingerprint density at radius 2 is 2.09 bits per heavy atom. The van der Waals surface area contributed by atoms with Crippen LogP contribution in [0.25, 0.3) is 0 Å². The van der Waals surface area contributed by atoms with E-state index in [-0.39, 0.29) is 29.8 Å². The average Bonchev–Trinajstić information content (AvgIpc) is 2.98. The van der Waals surface area contributed by atoms with Gasteiger partial charge in [-0.1, -0.05) is 19.8 Å². The van der Waals surface area contributed by atoms with Gasteiger partial charge in [-0.15, -0.1) is 24.0 Å². The zero-order chi connectivity index (χ0) is 15.1. The summed E-state index contributed by atoms with van der Waals surface area (Å²) in [6, 6.07) is 3.02. The number of rotatable bonds is 5. The Kier molecular flexibility index (Phi) is 8.06. The molecular weight excluding hydrogens is 394 g/mol. The minimum Gasteiger partial charge on any atom is -0.356 e. The van der Waals surface area contributed by atoms with E-state index < -0.39 is 0 Å². The molecule has 0 amide bonds. The molecule has 1 aliphatic rings. The van der Waals surface area contributed by atoms with Crippen LogP contribution in [-0.2, 0) is 6.54 Å². The number of halogens is 2. The van der Waals surface area contributed by atoms with Crippen molar-refractivity contribution in [1.29, 1.82) is 0 Å². The Balaban J connectivity index is 0.00000242. The number of hydrogen-bond acceptors (Lipinski definition) is 2. The number of hydrogen-bond donors (Lipinski definition) is 2. The lowest BCUT2D eigenvalue weighted by Gasteiger charge is -2.28. The lowest BCUT2D eigenvalue weighted by atomic mass is 9.83. The van der Waals surface area contributed by atoms with E-state index in [0.29, 0.717) is 23.6 Å². The summed E-state index contributed by atoms with van der Waals surface area (Å²) in [5, 5.41) is 6.51. The number of guanidine groups is 1. The van der Waals surface area contributed by atoms with Gasteiger partial charge in [0.1, 0.15) is 5.82 Å². The van der Waals surface area contributed by atoms with Gasteiger partial charge < -0.3 is 10.6 Å². The summed E-state index contributed by atoms with van der Waals surface area (Å²) in [4.78, 5) is 8.23. The summed E-state index contributed by atoms with van der Waals surface area (Å²) in [5.41, 5.74) is 0.806. The van der Waals surface area contributed by atoms with E-state index in [1.54, 1.807) is 19.3 Å². The predicted molar refractivity (Wildman–Crippen MR) is 99.0 cm³/mol. The van der Waals surface area contributed by atoms with Crippen molar-refractivity contribution in [3.63, 3.8) is 0 Å². The first-order valence-corrected chi connectivity index (χ1v) is 7.73. The fourth-order valence-corrected chi connectivity index (χ4v) is 2.99. The van der Waals surface area contributed by atoms with Gasteiger partial charge in [0.2, 0.25) is 0 Å². The summed E-state index contributed by atoms with van der Waals surface area (Å²) in [7, 11) is 1.73. The van der Waals surface area contributed by atoms with E-state index in [2.05, 4.69) is 27.5 Å². The number of nitrogens with one attached hydrogen (secondary N) is 2. The van der Waals surface area contributed by atoms with Crippen LogP contribution in [0.3, 0.4) is 0 Å². The van der Waals surface area contributed by atoms with Gasteiger partial charge in [0.15, 0.2) is 5.96 Å². The fraction of sp³-hybridized carbons (Fsp3) is 0.625. The molecule has 124 valence electrons. The molecule has 2 N–H and O–H groups in total. The third-order valence-electron chi connectivity index (χ3n) is 4.53. The second-order valence-electron chi connectivity index (χ2n) is 5.77. The van der Waals surface area contributed by atoms with Crippen molar-refractivity contribution in [2.75, 3.05) is 13.6 Å². The van der Waals surface area contributed by atoms with Gasteiger partial charge in [-0.05, 0) is 36.8 Å². The molecule has 0 spiro atoms. The molecule has 1 saturated carbocycles. The topological polar surface area (TPSA) is 49.3 Å². The second-order valence-corrected chi connectivity index (χ2v) is 5.77. The third kappa shape index (κ3) is 5.07. The lowest BCUT2D eigenvalue weighted by Crippen LogP contribution is -2.42. The molecule has 0 saturated heterocycles. The minimum atomic E-state index is -0.290. The molecule has 2 rings (SSSR count). The van der Waals surface area contributed by atoms with E-state index in [1.807, 2.05) is 0 Å². The van der Waals surface area contributed by atoms with Crippen molar-refractivity contribution >= 4 is 29.9 Å². The van der Waals surface area contributed by atoms with Crippen LogP contribution >= 0.6 is 24.0 Å². The molecule has 1 heterocycles. The molecule has 0 aliphatic heterocycles. The molecule has 4 nitrogen and oxygen atoms in total. The van der Waals surface area contributed by atoms with Crippen LogP contribution in [0, 0.1) is 11.2 Å². The van der Waals surface area contributed by atoms with Crippen LogP contribution in [0.15, 0.2) is 23.3 Å². The van der Waals surface area contributed by atoms with Crippen molar-refractivity contribution in [1.82, 2.24) is 15.6 Å². The summed E-state index contributed by atoms with van der Waals surface area (Å²) in [5.74, 6) is 0.418. The number of aliphatic imine (C=N–C) groups is 1. The number of pyridine rings is 1. The Labute approximate surface area is 149 Å². The Bertz CT molecular complexity index is 487. The van der Waals surface area contributed by atoms with Gasteiger partial charge in [-0.25, -0.2) is 4.39 Å². The molecule has 1 aliphatic carbocycles. The lowest BCUT2D eigenvalue weighted by molar-refractivity contribution is 0.283. The van der Waals surface area contributed by atoms with E-state index in [0.717, 1.165) is 6.54 Å². The second kappa shape index (κ2) is 9.27. The van der Waals surface area contributed by atoms with Gasteiger partial charge in [0.25, 0.3) is 0 Å². The van der Waals surface area contributed by atoms with Gasteiger partial charge >= 0.3 is 0 Å². The highest BCUT2D eigenvalue weighted by Gasteiger charge is 2.31. The van der Waals surface area contributed by atoms with E-state index in [9.17, 15) is 4.39 Å². The highest BCUT2D eigenvalue weighted by Crippen LogP contribution is 2.40. The Hall–Kier alpha value is -0.920. The minimum absolute atomic E-state index is 0. The standard InChI is InChI=1S/C16H25FN4.HI/c1-3-16(8-4-5-9-16)12-21-15(18-2)20-11-14-13(17)7-6-10-19-14;/h6-7,10H,3-5,8-9,11-12H2,1-2H3,(H2,18,20,21);1H. The van der Waals surface area contributed by atoms with E-state index in [1.165, 1.54) is 38.2 Å². The van der Waals surface area contributed by atoms with Gasteiger partial charge in [-0.2, -0.15) is 0 Å². The molecule has 0 radical (unpaired) electrons. The van der Waals surface area contributed by atoms with Crippen LogP contribution in [0.1, 0.15) is 44.7 Å². The van der Waals surface area contributed by atoms with E-state index >= 15 is 0 Å². The molecule has 1 fully saturated rings. The van der Waals surface area contributed by atoms with Gasteiger partial charge in [0.05, 0.1) is 12.2 Å². The summed E-state index contributed by atoms with van der Waals surface area (Å²) >= 11 is 0. The Morgan fingerprint density at radius 1 is 1.36 bits per heavy atom. The van der Waals surface area contributed by atoms with E-state index in [4.69, 9.17) is 0 Å². The molecule has 0 aromatic carbocycles. The zero-order valence-corrected chi connectivity index (χ0v) is 15.7. The first kappa shape index (κ1) is 19.1.